The molecule has 0 aliphatic heterocycles. The molecule has 0 bridgehead atoms. The second kappa shape index (κ2) is 6.78. The molecule has 0 aromatic heterocycles. The van der Waals surface area contributed by atoms with Gasteiger partial charge in [-0.1, -0.05) is 12.1 Å². The van der Waals surface area contributed by atoms with Gasteiger partial charge in [-0.2, -0.15) is 0 Å². The van der Waals surface area contributed by atoms with Gasteiger partial charge in [0.1, 0.15) is 0 Å². The molecule has 0 radical (unpaired) electrons. The lowest BCUT2D eigenvalue weighted by molar-refractivity contribution is -0.386. The molecule has 8 heteroatoms. The summed E-state index contributed by atoms with van der Waals surface area (Å²) in [7, 11) is 0. The molecule has 0 aliphatic carbocycles. The Hall–Kier alpha value is -2.51. The van der Waals surface area contributed by atoms with Crippen LogP contribution in [0.4, 0.5) is 10.1 Å². The molecule has 0 unspecified atom stereocenters. The highest BCUT2D eigenvalue weighted by atomic mass is 19.1. The zero-order chi connectivity index (χ0) is 16.0. The van der Waals surface area contributed by atoms with E-state index in [-0.39, 0.29) is 13.2 Å². The second-order valence-corrected chi connectivity index (χ2v) is 3.87. The van der Waals surface area contributed by atoms with Crippen LogP contribution in [0, 0.1) is 10.1 Å². The molecule has 0 atom stereocenters. The molecule has 0 spiro atoms. The van der Waals surface area contributed by atoms with E-state index in [1.807, 2.05) is 0 Å². The van der Waals surface area contributed by atoms with Crippen LogP contribution in [0.25, 0.3) is 0 Å². The second-order valence-electron chi connectivity index (χ2n) is 3.87. The number of rotatable bonds is 6. The fraction of sp³-hybridized carbons (Fsp3) is 0.385. The summed E-state index contributed by atoms with van der Waals surface area (Å²) in [4.78, 5) is 33.7. The summed E-state index contributed by atoms with van der Waals surface area (Å²) in [6.07, 6.45) is 0. The number of alkyl halides is 1. The van der Waals surface area contributed by atoms with Crippen molar-refractivity contribution >= 4 is 17.6 Å². The van der Waals surface area contributed by atoms with Crippen LogP contribution in [0.2, 0.25) is 0 Å². The van der Waals surface area contributed by atoms with E-state index in [9.17, 15) is 19.7 Å². The van der Waals surface area contributed by atoms with Crippen LogP contribution in [-0.4, -0.2) is 30.1 Å². The van der Waals surface area contributed by atoms with Gasteiger partial charge < -0.3 is 9.47 Å². The van der Waals surface area contributed by atoms with Crippen molar-refractivity contribution in [3.05, 3.63) is 39.9 Å². The largest absolute Gasteiger partial charge is 0.463 e. The maximum atomic E-state index is 15.1. The van der Waals surface area contributed by atoms with E-state index in [4.69, 9.17) is 0 Å². The number of hydrogen-bond acceptors (Lipinski definition) is 6. The molecule has 1 rings (SSSR count). The van der Waals surface area contributed by atoms with Gasteiger partial charge in [-0.3, -0.25) is 10.1 Å². The zero-order valence-electron chi connectivity index (χ0n) is 11.5. The molecule has 0 amide bonds. The van der Waals surface area contributed by atoms with Crippen molar-refractivity contribution in [2.75, 3.05) is 13.2 Å². The highest BCUT2D eigenvalue weighted by Crippen LogP contribution is 2.35. The number of nitro groups is 1. The van der Waals surface area contributed by atoms with Crippen LogP contribution < -0.4 is 0 Å². The van der Waals surface area contributed by atoms with Crippen LogP contribution in [0.1, 0.15) is 19.4 Å². The highest BCUT2D eigenvalue weighted by molar-refractivity contribution is 6.05. The van der Waals surface area contributed by atoms with Gasteiger partial charge in [0.25, 0.3) is 5.69 Å². The van der Waals surface area contributed by atoms with Crippen molar-refractivity contribution in [1.82, 2.24) is 0 Å². The Morgan fingerprint density at radius 3 is 2.10 bits per heavy atom. The number of nitro benzene ring substituents is 1. The Morgan fingerprint density at radius 2 is 1.67 bits per heavy atom. The Labute approximate surface area is 119 Å². The molecule has 114 valence electrons. The quantitative estimate of drug-likeness (QED) is 0.344. The maximum Gasteiger partial charge on any atom is 0.360 e. The van der Waals surface area contributed by atoms with E-state index < -0.39 is 33.8 Å². The third kappa shape index (κ3) is 3.15. The van der Waals surface area contributed by atoms with Crippen molar-refractivity contribution in [2.24, 2.45) is 0 Å². The van der Waals surface area contributed by atoms with E-state index in [1.165, 1.54) is 26.0 Å². The van der Waals surface area contributed by atoms with Crippen LogP contribution in [0.15, 0.2) is 24.3 Å². The average Bonchev–Trinajstić information content (AvgIpc) is 2.46. The normalized spacial score (nSPS) is 10.8. The monoisotopic (exact) mass is 299 g/mol. The smallest absolute Gasteiger partial charge is 0.360 e. The molecule has 7 nitrogen and oxygen atoms in total. The fourth-order valence-corrected chi connectivity index (χ4v) is 1.69. The predicted octanol–water partition coefficient (Wildman–Crippen LogP) is 1.89. The lowest BCUT2D eigenvalue weighted by Gasteiger charge is -2.21. The van der Waals surface area contributed by atoms with E-state index >= 15 is 4.39 Å². The summed E-state index contributed by atoms with van der Waals surface area (Å²) in [5, 5.41) is 11.0. The molecule has 1 aromatic carbocycles. The number of carbonyl (C=O) groups excluding carboxylic acids is 2. The van der Waals surface area contributed by atoms with Crippen molar-refractivity contribution in [1.29, 1.82) is 0 Å². The van der Waals surface area contributed by atoms with Gasteiger partial charge >= 0.3 is 17.6 Å². The number of para-hydroxylation sites is 1. The van der Waals surface area contributed by atoms with Crippen LogP contribution in [0.5, 0.6) is 0 Å². The van der Waals surface area contributed by atoms with E-state index in [1.54, 1.807) is 0 Å². The highest BCUT2D eigenvalue weighted by Gasteiger charge is 2.55. The Bertz CT molecular complexity index is 541. The standard InChI is InChI=1S/C13H14FNO6/c1-3-20-11(16)13(14,12(17)21-4-2)9-7-5-6-8-10(9)15(18)19/h5-8H,3-4H2,1-2H3. The van der Waals surface area contributed by atoms with Crippen LogP contribution in [-0.2, 0) is 24.7 Å². The number of hydrogen-bond donors (Lipinski definition) is 0. The number of esters is 2. The molecular formula is C13H14FNO6. The Kier molecular flexibility index (Phi) is 5.34. The summed E-state index contributed by atoms with van der Waals surface area (Å²) < 4.78 is 24.1. The lowest BCUT2D eigenvalue weighted by Crippen LogP contribution is -2.42. The van der Waals surface area contributed by atoms with Gasteiger partial charge in [0.15, 0.2) is 0 Å². The molecule has 0 saturated heterocycles. The topological polar surface area (TPSA) is 95.7 Å². The first-order chi connectivity index (χ1) is 9.89. The zero-order valence-corrected chi connectivity index (χ0v) is 11.5. The van der Waals surface area contributed by atoms with Gasteiger partial charge in [0, 0.05) is 6.07 Å². The first-order valence-electron chi connectivity index (χ1n) is 6.16. The summed E-state index contributed by atoms with van der Waals surface area (Å²) in [6.45, 7) is 2.46. The van der Waals surface area contributed by atoms with Crippen molar-refractivity contribution < 1.29 is 28.4 Å². The summed E-state index contributed by atoms with van der Waals surface area (Å²) in [6, 6.07) is 4.53. The minimum atomic E-state index is -3.38. The van der Waals surface area contributed by atoms with Gasteiger partial charge in [-0.15, -0.1) is 0 Å². The Balaban J connectivity index is 3.47. The molecule has 0 aliphatic rings. The summed E-state index contributed by atoms with van der Waals surface area (Å²) >= 11 is 0. The molecule has 21 heavy (non-hydrogen) atoms. The lowest BCUT2D eigenvalue weighted by atomic mass is 9.94. The van der Waals surface area contributed by atoms with Crippen molar-refractivity contribution in [2.45, 2.75) is 19.5 Å². The molecular weight excluding hydrogens is 285 g/mol. The van der Waals surface area contributed by atoms with E-state index in [0.717, 1.165) is 12.1 Å². The van der Waals surface area contributed by atoms with Gasteiger partial charge in [-0.05, 0) is 19.9 Å². The molecule has 0 saturated carbocycles. The van der Waals surface area contributed by atoms with E-state index in [2.05, 4.69) is 9.47 Å². The summed E-state index contributed by atoms with van der Waals surface area (Å²) in [5.41, 5.74) is -4.80. The number of nitrogens with zero attached hydrogens (tertiary/aromatic N) is 1. The van der Waals surface area contributed by atoms with Gasteiger partial charge in [-0.25, -0.2) is 14.0 Å². The van der Waals surface area contributed by atoms with Crippen molar-refractivity contribution in [3.63, 3.8) is 0 Å². The molecule has 0 N–H and O–H groups in total. The van der Waals surface area contributed by atoms with Crippen LogP contribution >= 0.6 is 0 Å². The maximum absolute atomic E-state index is 15.1. The SMILES string of the molecule is CCOC(=O)C(F)(C(=O)OCC)c1ccccc1[N+](=O)[O-]. The first-order valence-corrected chi connectivity index (χ1v) is 6.16. The predicted molar refractivity (Wildman–Crippen MR) is 69.1 cm³/mol. The third-order valence-electron chi connectivity index (χ3n) is 2.59. The van der Waals surface area contributed by atoms with Crippen molar-refractivity contribution in [3.8, 4) is 0 Å². The van der Waals surface area contributed by atoms with Gasteiger partial charge in [0.05, 0.1) is 23.7 Å². The van der Waals surface area contributed by atoms with E-state index in [0.29, 0.717) is 0 Å². The fourth-order valence-electron chi connectivity index (χ4n) is 1.69. The average molecular weight is 299 g/mol. The van der Waals surface area contributed by atoms with Gasteiger partial charge in [0.2, 0.25) is 0 Å². The molecule has 0 fully saturated rings. The first kappa shape index (κ1) is 16.5. The molecule has 0 heterocycles. The van der Waals surface area contributed by atoms with Crippen LogP contribution in [0.3, 0.4) is 0 Å². The minimum Gasteiger partial charge on any atom is -0.463 e. The number of ether oxygens (including phenoxy) is 2. The number of halogens is 1. The number of benzene rings is 1. The molecule has 1 aromatic rings. The number of carbonyl (C=O) groups is 2. The third-order valence-corrected chi connectivity index (χ3v) is 2.59. The Morgan fingerprint density at radius 1 is 1.19 bits per heavy atom. The summed E-state index contributed by atoms with van der Waals surface area (Å²) in [5.74, 6) is -3.09. The minimum absolute atomic E-state index is 0.190.